The fourth-order valence-corrected chi connectivity index (χ4v) is 0.447. The number of ketones is 2. The Balaban J connectivity index is -0.000000155. The van der Waals surface area contributed by atoms with Crippen molar-refractivity contribution in [3.8, 4) is 0 Å². The van der Waals surface area contributed by atoms with E-state index in [4.69, 9.17) is 0 Å². The largest absolute Gasteiger partial charge is 0.300 e. The highest BCUT2D eigenvalue weighted by Gasteiger charge is 1.95. The lowest BCUT2D eigenvalue weighted by Gasteiger charge is -2.03. The predicted octanol–water partition coefficient (Wildman–Crippen LogP) is 0.964. The molecular weight excluding hydrogens is 218 g/mol. The topological polar surface area (TPSA) is 63.7 Å². The maximum absolute atomic E-state index is 10.3. The van der Waals surface area contributed by atoms with Crippen molar-refractivity contribution in [3.63, 3.8) is 0 Å². The van der Waals surface area contributed by atoms with Crippen LogP contribution in [-0.4, -0.2) is 41.3 Å². The highest BCUT2D eigenvalue weighted by molar-refractivity contribution is 7.77. The maximum Gasteiger partial charge on any atom is 0.236 e. The van der Waals surface area contributed by atoms with Gasteiger partial charge < -0.3 is 9.59 Å². The normalized spacial score (nSPS) is 10.4. The second-order valence-corrected chi connectivity index (χ2v) is 4.51. The van der Waals surface area contributed by atoms with E-state index >= 15 is 0 Å². The Morgan fingerprint density at radius 2 is 1.20 bits per heavy atom. The van der Waals surface area contributed by atoms with Crippen LogP contribution >= 0.6 is 0 Å². The second kappa shape index (κ2) is 13.4. The van der Waals surface area contributed by atoms with E-state index in [1.54, 1.807) is 14.1 Å². The zero-order chi connectivity index (χ0) is 13.0. The molecular formula is C9H21NO4S. The SMILES string of the molecule is CC(C)=O.CC(C)=O.COS(=O)N(C)C. The van der Waals surface area contributed by atoms with E-state index < -0.39 is 11.3 Å². The summed E-state index contributed by atoms with van der Waals surface area (Å²) < 4.78 is 16.2. The molecule has 0 saturated heterocycles. The molecule has 0 aromatic carbocycles. The molecule has 0 spiro atoms. The molecule has 15 heavy (non-hydrogen) atoms. The molecule has 5 nitrogen and oxygen atoms in total. The summed E-state index contributed by atoms with van der Waals surface area (Å²) >= 11 is -1.25. The number of Topliss-reactive ketones (excluding diaryl/α,β-unsaturated/α-hetero) is 2. The van der Waals surface area contributed by atoms with Crippen LogP contribution in [0.2, 0.25) is 0 Å². The van der Waals surface area contributed by atoms with Gasteiger partial charge in [-0.15, -0.1) is 0 Å². The van der Waals surface area contributed by atoms with Gasteiger partial charge in [-0.1, -0.05) is 0 Å². The van der Waals surface area contributed by atoms with Crippen molar-refractivity contribution in [2.75, 3.05) is 21.2 Å². The molecule has 0 aromatic heterocycles. The van der Waals surface area contributed by atoms with Gasteiger partial charge in [0.15, 0.2) is 0 Å². The third-order valence-corrected chi connectivity index (χ3v) is 1.32. The Hall–Kier alpha value is -0.590. The molecule has 0 N–H and O–H groups in total. The van der Waals surface area contributed by atoms with Crippen molar-refractivity contribution in [2.24, 2.45) is 0 Å². The van der Waals surface area contributed by atoms with E-state index in [9.17, 15) is 13.8 Å². The number of rotatable bonds is 2. The first kappa shape index (κ1) is 19.9. The second-order valence-electron chi connectivity index (χ2n) is 3.01. The third kappa shape index (κ3) is 59.6. The summed E-state index contributed by atoms with van der Waals surface area (Å²) in [7, 11) is 4.76. The standard InChI is InChI=1S/C3H9NO2S.2C3H6O/c1-4(2)7(5)6-3;2*1-3(2)4/h1-3H3;2*1-2H3. The molecule has 0 heterocycles. The average molecular weight is 239 g/mol. The number of nitrogens with zero attached hydrogens (tertiary/aromatic N) is 1. The van der Waals surface area contributed by atoms with Crippen molar-refractivity contribution in [1.29, 1.82) is 0 Å². The van der Waals surface area contributed by atoms with Crippen LogP contribution in [0, 0.1) is 0 Å². The van der Waals surface area contributed by atoms with Gasteiger partial charge in [0.25, 0.3) is 0 Å². The summed E-state index contributed by atoms with van der Waals surface area (Å²) in [4.78, 5) is 18.9. The Morgan fingerprint density at radius 3 is 1.20 bits per heavy atom. The summed E-state index contributed by atoms with van der Waals surface area (Å²) in [6.45, 7) is 6.11. The lowest BCUT2D eigenvalue weighted by molar-refractivity contribution is -0.115. The summed E-state index contributed by atoms with van der Waals surface area (Å²) in [5.41, 5.74) is 0. The molecule has 0 radical (unpaired) electrons. The molecule has 0 bridgehead atoms. The van der Waals surface area contributed by atoms with Crippen LogP contribution in [0.15, 0.2) is 0 Å². The van der Waals surface area contributed by atoms with Gasteiger partial charge in [0.05, 0.1) is 7.11 Å². The Bertz CT molecular complexity index is 184. The molecule has 1 unspecified atom stereocenters. The minimum absolute atomic E-state index is 0.167. The lowest BCUT2D eigenvalue weighted by Crippen LogP contribution is -2.15. The Kier molecular flexibility index (Phi) is 17.8. The molecule has 0 fully saturated rings. The first-order valence-corrected chi connectivity index (χ1v) is 5.26. The van der Waals surface area contributed by atoms with Crippen LogP contribution < -0.4 is 0 Å². The van der Waals surface area contributed by atoms with E-state index in [2.05, 4.69) is 4.18 Å². The van der Waals surface area contributed by atoms with Gasteiger partial charge >= 0.3 is 0 Å². The third-order valence-electron chi connectivity index (χ3n) is 0.441. The van der Waals surface area contributed by atoms with Gasteiger partial charge in [-0.05, 0) is 27.7 Å². The predicted molar refractivity (Wildman–Crippen MR) is 61.5 cm³/mol. The van der Waals surface area contributed by atoms with Crippen molar-refractivity contribution < 1.29 is 18.0 Å². The minimum atomic E-state index is -1.25. The highest BCUT2D eigenvalue weighted by atomic mass is 32.2. The summed E-state index contributed by atoms with van der Waals surface area (Å²) in [5.74, 6) is 0.333. The number of carbonyl (C=O) groups is 2. The highest BCUT2D eigenvalue weighted by Crippen LogP contribution is 1.82. The number of carbonyl (C=O) groups excluding carboxylic acids is 2. The van der Waals surface area contributed by atoms with E-state index in [1.807, 2.05) is 0 Å². The monoisotopic (exact) mass is 239 g/mol. The molecule has 1 atom stereocenters. The van der Waals surface area contributed by atoms with Gasteiger partial charge in [-0.3, -0.25) is 4.18 Å². The van der Waals surface area contributed by atoms with Crippen LogP contribution in [-0.2, 0) is 25.0 Å². The van der Waals surface area contributed by atoms with Crippen molar-refractivity contribution in [2.45, 2.75) is 27.7 Å². The van der Waals surface area contributed by atoms with E-state index in [-0.39, 0.29) is 11.6 Å². The zero-order valence-corrected chi connectivity index (χ0v) is 11.3. The van der Waals surface area contributed by atoms with Crippen LogP contribution in [0.3, 0.4) is 0 Å². The van der Waals surface area contributed by atoms with E-state index in [0.29, 0.717) is 0 Å². The van der Waals surface area contributed by atoms with Crippen molar-refractivity contribution >= 4 is 22.8 Å². The molecule has 0 aliphatic heterocycles. The van der Waals surface area contributed by atoms with Gasteiger partial charge in [-0.2, -0.15) is 0 Å². The molecule has 0 aliphatic carbocycles. The summed E-state index contributed by atoms with van der Waals surface area (Å²) in [5, 5.41) is 0. The number of hydrogen-bond donors (Lipinski definition) is 0. The first-order chi connectivity index (χ1) is 6.64. The minimum Gasteiger partial charge on any atom is -0.300 e. The molecule has 0 saturated carbocycles. The Morgan fingerprint density at radius 1 is 1.00 bits per heavy atom. The van der Waals surface area contributed by atoms with Crippen LogP contribution in [0.1, 0.15) is 27.7 Å². The molecule has 0 aromatic rings. The molecule has 92 valence electrons. The molecule has 0 aliphatic rings. The van der Waals surface area contributed by atoms with E-state index in [1.165, 1.54) is 39.1 Å². The molecule has 6 heteroatoms. The fourth-order valence-electron chi connectivity index (χ4n) is 0.149. The molecule has 0 rings (SSSR count). The first-order valence-electron chi connectivity index (χ1n) is 4.23. The van der Waals surface area contributed by atoms with Gasteiger partial charge in [-0.25, -0.2) is 8.51 Å². The maximum atomic E-state index is 10.3. The van der Waals surface area contributed by atoms with Crippen LogP contribution in [0.4, 0.5) is 0 Å². The summed E-state index contributed by atoms with van der Waals surface area (Å²) in [6.07, 6.45) is 0. The Labute approximate surface area is 94.6 Å². The quantitative estimate of drug-likeness (QED) is 0.720. The van der Waals surface area contributed by atoms with Crippen LogP contribution in [0.5, 0.6) is 0 Å². The summed E-state index contributed by atoms with van der Waals surface area (Å²) in [6, 6.07) is 0. The zero-order valence-electron chi connectivity index (χ0n) is 10.5. The molecule has 0 amide bonds. The van der Waals surface area contributed by atoms with Gasteiger partial charge in [0.2, 0.25) is 11.3 Å². The van der Waals surface area contributed by atoms with Crippen molar-refractivity contribution in [1.82, 2.24) is 4.31 Å². The average Bonchev–Trinajstić information content (AvgIpc) is 2.00. The smallest absolute Gasteiger partial charge is 0.236 e. The lowest BCUT2D eigenvalue weighted by atomic mass is 10.6. The fraction of sp³-hybridized carbons (Fsp3) is 0.778. The van der Waals surface area contributed by atoms with Crippen molar-refractivity contribution in [3.05, 3.63) is 0 Å². The number of hydrogen-bond acceptors (Lipinski definition) is 4. The van der Waals surface area contributed by atoms with Gasteiger partial charge in [0, 0.05) is 14.1 Å². The van der Waals surface area contributed by atoms with Gasteiger partial charge in [0.1, 0.15) is 11.6 Å². The van der Waals surface area contributed by atoms with Crippen LogP contribution in [0.25, 0.3) is 0 Å². The van der Waals surface area contributed by atoms with E-state index in [0.717, 1.165) is 0 Å².